The molecule has 1 N–H and O–H groups in total. The molecule has 2 aliphatic heterocycles. The normalized spacial score (nSPS) is 20.0. The number of rotatable bonds is 2. The van der Waals surface area contributed by atoms with Gasteiger partial charge in [0.2, 0.25) is 0 Å². The van der Waals surface area contributed by atoms with Crippen molar-refractivity contribution in [3.63, 3.8) is 0 Å². The average molecular weight is 322 g/mol. The van der Waals surface area contributed by atoms with Gasteiger partial charge in [-0.3, -0.25) is 4.79 Å². The van der Waals surface area contributed by atoms with E-state index in [0.29, 0.717) is 23.7 Å². The van der Waals surface area contributed by atoms with E-state index < -0.39 is 0 Å². The predicted molar refractivity (Wildman–Crippen MR) is 85.1 cm³/mol. The molecule has 22 heavy (non-hydrogen) atoms. The van der Waals surface area contributed by atoms with E-state index in [1.165, 1.54) is 0 Å². The van der Waals surface area contributed by atoms with Gasteiger partial charge in [-0.15, -0.1) is 0 Å². The fraction of sp³-hybridized carbons (Fsp3) is 0.500. The minimum absolute atomic E-state index is 0.0212. The molecule has 2 fully saturated rings. The number of carbonyl (C=O) groups excluding carboxylic acids is 2. The second kappa shape index (κ2) is 6.57. The van der Waals surface area contributed by atoms with Crippen molar-refractivity contribution in [2.45, 2.75) is 25.3 Å². The first kappa shape index (κ1) is 15.2. The molecule has 0 saturated carbocycles. The molecule has 2 saturated heterocycles. The highest BCUT2D eigenvalue weighted by Crippen LogP contribution is 2.22. The van der Waals surface area contributed by atoms with Crippen LogP contribution in [0, 0.1) is 0 Å². The number of nitrogens with one attached hydrogen (secondary N) is 1. The Hall–Kier alpha value is -1.75. The fourth-order valence-corrected chi connectivity index (χ4v) is 3.40. The highest BCUT2D eigenvalue weighted by molar-refractivity contribution is 6.33. The monoisotopic (exact) mass is 321 g/mol. The van der Waals surface area contributed by atoms with Crippen LogP contribution in [0.25, 0.3) is 0 Å². The third-order valence-corrected chi connectivity index (χ3v) is 4.74. The first-order valence-electron chi connectivity index (χ1n) is 7.75. The van der Waals surface area contributed by atoms with Gasteiger partial charge in [0.15, 0.2) is 0 Å². The second-order valence-corrected chi connectivity index (χ2v) is 6.19. The summed E-state index contributed by atoms with van der Waals surface area (Å²) in [6.07, 6.45) is 2.64. The number of urea groups is 1. The smallest absolute Gasteiger partial charge is 0.317 e. The van der Waals surface area contributed by atoms with Gasteiger partial charge >= 0.3 is 6.03 Å². The SMILES string of the molecule is O=C(c1ccccc1Cl)N1CCC(N2CCCNC2=O)CC1. The van der Waals surface area contributed by atoms with E-state index in [-0.39, 0.29) is 18.0 Å². The molecule has 118 valence electrons. The van der Waals surface area contributed by atoms with E-state index in [2.05, 4.69) is 5.32 Å². The lowest BCUT2D eigenvalue weighted by molar-refractivity contribution is 0.0643. The molecule has 3 rings (SSSR count). The number of piperidine rings is 1. The zero-order valence-electron chi connectivity index (χ0n) is 12.4. The van der Waals surface area contributed by atoms with Gasteiger partial charge < -0.3 is 15.1 Å². The molecular weight excluding hydrogens is 302 g/mol. The number of nitrogens with zero attached hydrogens (tertiary/aromatic N) is 2. The summed E-state index contributed by atoms with van der Waals surface area (Å²) in [5, 5.41) is 3.38. The average Bonchev–Trinajstić information content (AvgIpc) is 2.55. The van der Waals surface area contributed by atoms with Gasteiger partial charge in [0, 0.05) is 32.2 Å². The summed E-state index contributed by atoms with van der Waals surface area (Å²) >= 11 is 6.10. The Labute approximate surface area is 135 Å². The molecule has 2 aliphatic rings. The van der Waals surface area contributed by atoms with Crippen molar-refractivity contribution in [2.75, 3.05) is 26.2 Å². The maximum atomic E-state index is 12.5. The van der Waals surface area contributed by atoms with E-state index >= 15 is 0 Å². The molecule has 6 heteroatoms. The Kier molecular flexibility index (Phi) is 4.52. The maximum absolute atomic E-state index is 12.5. The second-order valence-electron chi connectivity index (χ2n) is 5.78. The molecule has 1 aromatic carbocycles. The van der Waals surface area contributed by atoms with Crippen LogP contribution in [0.15, 0.2) is 24.3 Å². The maximum Gasteiger partial charge on any atom is 0.317 e. The lowest BCUT2D eigenvalue weighted by atomic mass is 10.0. The lowest BCUT2D eigenvalue weighted by Crippen LogP contribution is -2.54. The number of hydrogen-bond donors (Lipinski definition) is 1. The molecule has 2 heterocycles. The molecule has 0 atom stereocenters. The van der Waals surface area contributed by atoms with Crippen LogP contribution >= 0.6 is 11.6 Å². The van der Waals surface area contributed by atoms with Crippen molar-refractivity contribution >= 4 is 23.5 Å². The summed E-state index contributed by atoms with van der Waals surface area (Å²) in [5.74, 6) is -0.0212. The van der Waals surface area contributed by atoms with Gasteiger partial charge in [0.05, 0.1) is 10.6 Å². The van der Waals surface area contributed by atoms with Gasteiger partial charge in [-0.05, 0) is 31.4 Å². The summed E-state index contributed by atoms with van der Waals surface area (Å²) in [5.41, 5.74) is 0.554. The summed E-state index contributed by atoms with van der Waals surface area (Å²) in [6.45, 7) is 2.91. The van der Waals surface area contributed by atoms with Crippen LogP contribution < -0.4 is 5.32 Å². The van der Waals surface area contributed by atoms with Crippen LogP contribution in [0.3, 0.4) is 0 Å². The molecule has 0 aromatic heterocycles. The third-order valence-electron chi connectivity index (χ3n) is 4.41. The van der Waals surface area contributed by atoms with Gasteiger partial charge in [-0.1, -0.05) is 23.7 Å². The van der Waals surface area contributed by atoms with Crippen LogP contribution in [0.5, 0.6) is 0 Å². The molecule has 3 amide bonds. The van der Waals surface area contributed by atoms with Gasteiger partial charge in [0.25, 0.3) is 5.91 Å². The first-order valence-corrected chi connectivity index (χ1v) is 8.13. The minimum Gasteiger partial charge on any atom is -0.338 e. The largest absolute Gasteiger partial charge is 0.338 e. The zero-order chi connectivity index (χ0) is 15.5. The van der Waals surface area contributed by atoms with Crippen LogP contribution in [-0.2, 0) is 0 Å². The Morgan fingerprint density at radius 3 is 2.59 bits per heavy atom. The molecule has 5 nitrogen and oxygen atoms in total. The van der Waals surface area contributed by atoms with Crippen molar-refractivity contribution in [1.29, 1.82) is 0 Å². The quantitative estimate of drug-likeness (QED) is 0.909. The molecule has 0 spiro atoms. The van der Waals surface area contributed by atoms with E-state index in [1.807, 2.05) is 21.9 Å². The standard InChI is InChI=1S/C16H20ClN3O2/c17-14-5-2-1-4-13(14)15(21)19-10-6-12(7-11-19)20-9-3-8-18-16(20)22/h1-2,4-5,12H,3,6-11H2,(H,18,22). The molecule has 0 aliphatic carbocycles. The topological polar surface area (TPSA) is 52.7 Å². The summed E-state index contributed by atoms with van der Waals surface area (Å²) in [4.78, 5) is 28.2. The van der Waals surface area contributed by atoms with Crippen molar-refractivity contribution in [2.24, 2.45) is 0 Å². The fourth-order valence-electron chi connectivity index (χ4n) is 3.18. The van der Waals surface area contributed by atoms with Crippen molar-refractivity contribution in [1.82, 2.24) is 15.1 Å². The predicted octanol–water partition coefficient (Wildman–Crippen LogP) is 2.36. The molecule has 0 radical (unpaired) electrons. The zero-order valence-corrected chi connectivity index (χ0v) is 13.2. The molecule has 1 aromatic rings. The van der Waals surface area contributed by atoms with Crippen molar-refractivity contribution in [3.8, 4) is 0 Å². The van der Waals surface area contributed by atoms with Crippen LogP contribution in [0.1, 0.15) is 29.6 Å². The highest BCUT2D eigenvalue weighted by Gasteiger charge is 2.31. The van der Waals surface area contributed by atoms with Crippen LogP contribution in [-0.4, -0.2) is 54.0 Å². The van der Waals surface area contributed by atoms with E-state index in [9.17, 15) is 9.59 Å². The van der Waals surface area contributed by atoms with E-state index in [0.717, 1.165) is 32.4 Å². The van der Waals surface area contributed by atoms with Crippen molar-refractivity contribution < 1.29 is 9.59 Å². The van der Waals surface area contributed by atoms with E-state index in [1.54, 1.807) is 12.1 Å². The Morgan fingerprint density at radius 2 is 1.91 bits per heavy atom. The Balaban J connectivity index is 1.61. The number of hydrogen-bond acceptors (Lipinski definition) is 2. The molecule has 0 unspecified atom stereocenters. The number of carbonyl (C=O) groups is 2. The van der Waals surface area contributed by atoms with Gasteiger partial charge in [-0.2, -0.15) is 0 Å². The van der Waals surface area contributed by atoms with Gasteiger partial charge in [-0.25, -0.2) is 4.79 Å². The third kappa shape index (κ3) is 3.04. The minimum atomic E-state index is -0.0212. The summed E-state index contributed by atoms with van der Waals surface area (Å²) < 4.78 is 0. The highest BCUT2D eigenvalue weighted by atomic mass is 35.5. The number of benzene rings is 1. The summed E-state index contributed by atoms with van der Waals surface area (Å²) in [7, 11) is 0. The van der Waals surface area contributed by atoms with Gasteiger partial charge in [0.1, 0.15) is 0 Å². The van der Waals surface area contributed by atoms with Crippen LogP contribution in [0.4, 0.5) is 4.79 Å². The van der Waals surface area contributed by atoms with Crippen LogP contribution in [0.2, 0.25) is 5.02 Å². The number of halogens is 1. The van der Waals surface area contributed by atoms with E-state index in [4.69, 9.17) is 11.6 Å². The number of likely N-dealkylation sites (tertiary alicyclic amines) is 1. The summed E-state index contributed by atoms with van der Waals surface area (Å²) in [6, 6.07) is 7.40. The lowest BCUT2D eigenvalue weighted by Gasteiger charge is -2.40. The Bertz CT molecular complexity index is 570. The van der Waals surface area contributed by atoms with Crippen molar-refractivity contribution in [3.05, 3.63) is 34.9 Å². The number of amides is 3. The Morgan fingerprint density at radius 1 is 1.18 bits per heavy atom. The molecule has 0 bridgehead atoms. The molecular formula is C16H20ClN3O2. The first-order chi connectivity index (χ1) is 10.7.